The molecule has 2 aromatic heterocycles. The van der Waals surface area contributed by atoms with Gasteiger partial charge in [-0.05, 0) is 43.7 Å². The third kappa shape index (κ3) is 4.88. The molecule has 1 atom stereocenters. The summed E-state index contributed by atoms with van der Waals surface area (Å²) in [7, 11) is 0. The van der Waals surface area contributed by atoms with Gasteiger partial charge in [-0.25, -0.2) is 0 Å². The average Bonchev–Trinajstić information content (AvgIpc) is 3.11. The van der Waals surface area contributed by atoms with Crippen molar-refractivity contribution in [3.05, 3.63) is 65.5 Å². The molecule has 9 nitrogen and oxygen atoms in total. The van der Waals surface area contributed by atoms with Gasteiger partial charge in [0, 0.05) is 45.0 Å². The second-order valence-corrected chi connectivity index (χ2v) is 7.82. The fourth-order valence-corrected chi connectivity index (χ4v) is 3.90. The van der Waals surface area contributed by atoms with Crippen LogP contribution in [-0.4, -0.2) is 55.4 Å². The summed E-state index contributed by atoms with van der Waals surface area (Å²) >= 11 is 0. The number of phenolic OH excluding ortho intramolecular Hbond substituents is 1. The first-order valence-electron chi connectivity index (χ1n) is 10.8. The second-order valence-electron chi connectivity index (χ2n) is 7.82. The molecule has 2 N–H and O–H groups in total. The molecule has 0 unspecified atom stereocenters. The topological polar surface area (TPSA) is 105 Å². The highest BCUT2D eigenvalue weighted by Gasteiger charge is 2.23. The minimum Gasteiger partial charge on any atom is -0.504 e. The van der Waals surface area contributed by atoms with Crippen molar-refractivity contribution in [3.8, 4) is 11.5 Å². The van der Waals surface area contributed by atoms with Gasteiger partial charge < -0.3 is 19.7 Å². The Morgan fingerprint density at radius 3 is 2.91 bits per heavy atom. The molecular weight excluding hydrogens is 408 g/mol. The first-order chi connectivity index (χ1) is 15.5. The Morgan fingerprint density at radius 2 is 2.12 bits per heavy atom. The van der Waals surface area contributed by atoms with Crippen LogP contribution >= 0.6 is 0 Å². The number of hydrogen-bond acceptors (Lipinski definition) is 7. The van der Waals surface area contributed by atoms with Crippen LogP contribution in [0.3, 0.4) is 0 Å². The number of carbonyl (C=O) groups is 1. The summed E-state index contributed by atoms with van der Waals surface area (Å²) < 4.78 is 7.61. The van der Waals surface area contributed by atoms with E-state index >= 15 is 0 Å². The molecule has 0 fully saturated rings. The highest BCUT2D eigenvalue weighted by molar-refractivity contribution is 5.94. The van der Waals surface area contributed by atoms with Crippen LogP contribution in [0.25, 0.3) is 0 Å². The van der Waals surface area contributed by atoms with Crippen molar-refractivity contribution in [2.24, 2.45) is 0 Å². The van der Waals surface area contributed by atoms with E-state index in [1.54, 1.807) is 30.6 Å². The van der Waals surface area contributed by atoms with Crippen molar-refractivity contribution in [1.29, 1.82) is 0 Å². The normalized spacial score (nSPS) is 14.9. The SMILES string of the molecule is CCOc1cc(CN2CCc3nnc([C@H](C)NC(=O)c4cccnc4)n3CC2)ccc1O. The molecule has 0 saturated carbocycles. The zero-order valence-corrected chi connectivity index (χ0v) is 18.4. The summed E-state index contributed by atoms with van der Waals surface area (Å²) in [6, 6.07) is 8.69. The van der Waals surface area contributed by atoms with E-state index < -0.39 is 0 Å². The van der Waals surface area contributed by atoms with Crippen LogP contribution in [-0.2, 0) is 19.5 Å². The number of aromatic nitrogens is 4. The summed E-state index contributed by atoms with van der Waals surface area (Å²) in [6.45, 7) is 7.48. The number of nitrogens with zero attached hydrogens (tertiary/aromatic N) is 5. The monoisotopic (exact) mass is 436 g/mol. The van der Waals surface area contributed by atoms with Gasteiger partial charge >= 0.3 is 0 Å². The third-order valence-electron chi connectivity index (χ3n) is 5.54. The minimum atomic E-state index is -0.277. The number of fused-ring (bicyclic) bond motifs is 1. The zero-order valence-electron chi connectivity index (χ0n) is 18.4. The van der Waals surface area contributed by atoms with Crippen LogP contribution in [0, 0.1) is 0 Å². The molecule has 1 amide bonds. The minimum absolute atomic E-state index is 0.157. The van der Waals surface area contributed by atoms with Gasteiger partial charge in [0.15, 0.2) is 17.3 Å². The molecule has 3 heterocycles. The van der Waals surface area contributed by atoms with Crippen LogP contribution in [0.1, 0.15) is 47.5 Å². The first kappa shape index (κ1) is 21.8. The summed E-state index contributed by atoms with van der Waals surface area (Å²) in [5.74, 6) is 2.16. The van der Waals surface area contributed by atoms with E-state index in [4.69, 9.17) is 4.74 Å². The maximum Gasteiger partial charge on any atom is 0.253 e. The van der Waals surface area contributed by atoms with Crippen LogP contribution in [0.4, 0.5) is 0 Å². The molecule has 0 radical (unpaired) electrons. The van der Waals surface area contributed by atoms with Crippen molar-refractivity contribution in [2.75, 3.05) is 19.7 Å². The summed E-state index contributed by atoms with van der Waals surface area (Å²) in [6.07, 6.45) is 3.96. The van der Waals surface area contributed by atoms with Crippen molar-refractivity contribution < 1.29 is 14.6 Å². The number of carbonyl (C=O) groups excluding carboxylic acids is 1. The molecule has 0 spiro atoms. The van der Waals surface area contributed by atoms with Crippen LogP contribution in [0.5, 0.6) is 11.5 Å². The predicted molar refractivity (Wildman–Crippen MR) is 118 cm³/mol. The lowest BCUT2D eigenvalue weighted by Gasteiger charge is -2.20. The van der Waals surface area contributed by atoms with E-state index in [2.05, 4.69) is 30.0 Å². The number of hydrogen-bond donors (Lipinski definition) is 2. The van der Waals surface area contributed by atoms with E-state index in [1.807, 2.05) is 26.0 Å². The molecule has 4 rings (SSSR count). The lowest BCUT2D eigenvalue weighted by atomic mass is 10.2. The number of pyridine rings is 1. The standard InChI is InChI=1S/C23H28N6O3/c1-3-32-20-13-17(6-7-19(20)30)15-28-10-8-21-26-27-22(29(21)12-11-28)16(2)25-23(31)18-5-4-9-24-14-18/h4-7,9,13-14,16,30H,3,8,10-12,15H2,1-2H3,(H,25,31)/t16-/m0/s1. The predicted octanol–water partition coefficient (Wildman–Crippen LogP) is 2.33. The Labute approximate surface area is 187 Å². The Bertz CT molecular complexity index is 1070. The van der Waals surface area contributed by atoms with Crippen molar-refractivity contribution >= 4 is 5.91 Å². The van der Waals surface area contributed by atoms with E-state index in [1.165, 1.54) is 0 Å². The Morgan fingerprint density at radius 1 is 1.25 bits per heavy atom. The number of nitrogens with one attached hydrogen (secondary N) is 1. The molecule has 0 aliphatic carbocycles. The number of phenols is 1. The van der Waals surface area contributed by atoms with Gasteiger partial charge in [-0.15, -0.1) is 10.2 Å². The maximum atomic E-state index is 12.5. The Kier molecular flexibility index (Phi) is 6.65. The lowest BCUT2D eigenvalue weighted by Crippen LogP contribution is -2.30. The van der Waals surface area contributed by atoms with Gasteiger partial charge in [-0.2, -0.15) is 0 Å². The fourth-order valence-electron chi connectivity index (χ4n) is 3.90. The van der Waals surface area contributed by atoms with Gasteiger partial charge in [0.25, 0.3) is 5.91 Å². The van der Waals surface area contributed by atoms with Gasteiger partial charge in [-0.1, -0.05) is 6.07 Å². The molecule has 1 aromatic carbocycles. The molecule has 0 bridgehead atoms. The number of aromatic hydroxyl groups is 1. The smallest absolute Gasteiger partial charge is 0.253 e. The second kappa shape index (κ2) is 9.78. The lowest BCUT2D eigenvalue weighted by molar-refractivity contribution is 0.0937. The fraction of sp³-hybridized carbons (Fsp3) is 0.391. The molecule has 32 heavy (non-hydrogen) atoms. The van der Waals surface area contributed by atoms with Crippen LogP contribution < -0.4 is 10.1 Å². The van der Waals surface area contributed by atoms with Crippen molar-refractivity contribution in [2.45, 2.75) is 39.4 Å². The number of benzene rings is 1. The summed E-state index contributed by atoms with van der Waals surface area (Å²) in [4.78, 5) is 18.8. The highest BCUT2D eigenvalue weighted by atomic mass is 16.5. The average molecular weight is 437 g/mol. The maximum absolute atomic E-state index is 12.5. The molecule has 1 aliphatic heterocycles. The molecule has 9 heteroatoms. The summed E-state index contributed by atoms with van der Waals surface area (Å²) in [5, 5.41) is 21.7. The number of amides is 1. The molecule has 3 aromatic rings. The van der Waals surface area contributed by atoms with Gasteiger partial charge in [-0.3, -0.25) is 14.7 Å². The number of ether oxygens (including phenoxy) is 1. The summed E-state index contributed by atoms with van der Waals surface area (Å²) in [5.41, 5.74) is 1.60. The Balaban J connectivity index is 1.41. The molecular formula is C23H28N6O3. The zero-order chi connectivity index (χ0) is 22.5. The van der Waals surface area contributed by atoms with E-state index in [-0.39, 0.29) is 17.7 Å². The third-order valence-corrected chi connectivity index (χ3v) is 5.54. The van der Waals surface area contributed by atoms with Gasteiger partial charge in [0.2, 0.25) is 0 Å². The van der Waals surface area contributed by atoms with E-state index in [0.29, 0.717) is 17.9 Å². The van der Waals surface area contributed by atoms with E-state index in [9.17, 15) is 9.90 Å². The van der Waals surface area contributed by atoms with Crippen LogP contribution in [0.15, 0.2) is 42.7 Å². The molecule has 1 aliphatic rings. The van der Waals surface area contributed by atoms with Gasteiger partial charge in [0.05, 0.1) is 18.2 Å². The highest BCUT2D eigenvalue weighted by Crippen LogP contribution is 2.27. The number of rotatable bonds is 7. The van der Waals surface area contributed by atoms with Crippen molar-refractivity contribution in [3.63, 3.8) is 0 Å². The largest absolute Gasteiger partial charge is 0.504 e. The van der Waals surface area contributed by atoms with E-state index in [0.717, 1.165) is 49.8 Å². The Hall–Kier alpha value is -3.46. The first-order valence-corrected chi connectivity index (χ1v) is 10.8. The quantitative estimate of drug-likeness (QED) is 0.586. The van der Waals surface area contributed by atoms with Crippen molar-refractivity contribution in [1.82, 2.24) is 30.0 Å². The molecule has 168 valence electrons. The van der Waals surface area contributed by atoms with Gasteiger partial charge in [0.1, 0.15) is 5.82 Å². The van der Waals surface area contributed by atoms with Crippen LogP contribution in [0.2, 0.25) is 0 Å². The molecule has 0 saturated heterocycles.